The molecule has 214 valence electrons. The number of nitrogens with one attached hydrogen (secondary N) is 1. The van der Waals surface area contributed by atoms with Crippen molar-refractivity contribution in [2.24, 2.45) is 0 Å². The van der Waals surface area contributed by atoms with Crippen LogP contribution < -0.4 is 9.62 Å². The summed E-state index contributed by atoms with van der Waals surface area (Å²) in [4.78, 5) is 28.7. The van der Waals surface area contributed by atoms with Crippen LogP contribution in [0.25, 0.3) is 0 Å². The fraction of sp³-hybridized carbons (Fsp3) is 0.333. The van der Waals surface area contributed by atoms with Crippen molar-refractivity contribution in [3.05, 3.63) is 93.5 Å². The zero-order valence-corrected chi connectivity index (χ0v) is 25.5. The van der Waals surface area contributed by atoms with E-state index >= 15 is 0 Å². The van der Waals surface area contributed by atoms with Gasteiger partial charge in [0.1, 0.15) is 12.6 Å². The van der Waals surface area contributed by atoms with Gasteiger partial charge in [-0.1, -0.05) is 79.0 Å². The summed E-state index contributed by atoms with van der Waals surface area (Å²) in [6.45, 7) is 7.35. The lowest BCUT2D eigenvalue weighted by molar-refractivity contribution is -0.140. The number of aryl methyl sites for hydroxylation is 2. The van der Waals surface area contributed by atoms with Gasteiger partial charge in [-0.15, -0.1) is 0 Å². The van der Waals surface area contributed by atoms with Gasteiger partial charge in [0.2, 0.25) is 11.8 Å². The Balaban J connectivity index is 2.08. The van der Waals surface area contributed by atoms with Crippen molar-refractivity contribution in [3.8, 4) is 0 Å². The van der Waals surface area contributed by atoms with E-state index in [1.807, 2.05) is 20.8 Å². The molecule has 7 nitrogen and oxygen atoms in total. The summed E-state index contributed by atoms with van der Waals surface area (Å²) in [6, 6.07) is 17.5. The standard InChI is InChI=1S/C30H35Cl2N3O4S/c1-5-17-33-30(37)27(6-2)34(19-23-13-14-24(31)18-26(23)32)29(36)20-35(28-10-8-7-9-22(28)4)40(38,39)25-15-11-21(3)12-16-25/h7-16,18,27H,5-6,17,19-20H2,1-4H3,(H,33,37). The molecule has 0 radical (unpaired) electrons. The number of rotatable bonds is 12. The summed E-state index contributed by atoms with van der Waals surface area (Å²) < 4.78 is 29.0. The van der Waals surface area contributed by atoms with Gasteiger partial charge in [0.25, 0.3) is 10.0 Å². The highest BCUT2D eigenvalue weighted by molar-refractivity contribution is 7.92. The zero-order chi connectivity index (χ0) is 29.4. The van der Waals surface area contributed by atoms with E-state index in [2.05, 4.69) is 5.32 Å². The van der Waals surface area contributed by atoms with Crippen molar-refractivity contribution in [1.29, 1.82) is 0 Å². The minimum atomic E-state index is -4.13. The Bertz CT molecular complexity index is 1450. The molecule has 0 fully saturated rings. The third-order valence-corrected chi connectivity index (χ3v) is 8.92. The minimum Gasteiger partial charge on any atom is -0.354 e. The van der Waals surface area contributed by atoms with E-state index in [9.17, 15) is 18.0 Å². The van der Waals surface area contributed by atoms with Gasteiger partial charge < -0.3 is 10.2 Å². The molecular formula is C30H35Cl2N3O4S. The zero-order valence-electron chi connectivity index (χ0n) is 23.2. The quantitative estimate of drug-likeness (QED) is 0.269. The first kappa shape index (κ1) is 31.5. The monoisotopic (exact) mass is 603 g/mol. The first-order valence-electron chi connectivity index (χ1n) is 13.2. The van der Waals surface area contributed by atoms with E-state index in [1.165, 1.54) is 17.0 Å². The molecule has 0 aromatic heterocycles. The molecule has 3 aromatic rings. The fourth-order valence-corrected chi connectivity index (χ4v) is 6.26. The van der Waals surface area contributed by atoms with Crippen LogP contribution in [0.4, 0.5) is 5.69 Å². The van der Waals surface area contributed by atoms with Crippen LogP contribution in [0, 0.1) is 13.8 Å². The summed E-state index contributed by atoms with van der Waals surface area (Å²) in [6.07, 6.45) is 1.05. The maximum atomic E-state index is 14.1. The van der Waals surface area contributed by atoms with Gasteiger partial charge in [-0.3, -0.25) is 13.9 Å². The highest BCUT2D eigenvalue weighted by Crippen LogP contribution is 2.28. The van der Waals surface area contributed by atoms with E-state index < -0.39 is 28.5 Å². The summed E-state index contributed by atoms with van der Waals surface area (Å²) in [5, 5.41) is 3.65. The lowest BCUT2D eigenvalue weighted by Crippen LogP contribution is -2.52. The number of carbonyl (C=O) groups excluding carboxylic acids is 2. The lowest BCUT2D eigenvalue weighted by atomic mass is 10.1. The molecule has 40 heavy (non-hydrogen) atoms. The number of amides is 2. The van der Waals surface area contributed by atoms with Crippen LogP contribution >= 0.6 is 23.2 Å². The number of hydrogen-bond acceptors (Lipinski definition) is 4. The first-order chi connectivity index (χ1) is 19.0. The van der Waals surface area contributed by atoms with E-state index in [1.54, 1.807) is 61.5 Å². The maximum Gasteiger partial charge on any atom is 0.264 e. The van der Waals surface area contributed by atoms with Crippen LogP contribution in [0.1, 0.15) is 43.4 Å². The van der Waals surface area contributed by atoms with Gasteiger partial charge >= 0.3 is 0 Å². The average Bonchev–Trinajstić information content (AvgIpc) is 2.92. The lowest BCUT2D eigenvalue weighted by Gasteiger charge is -2.33. The molecule has 10 heteroatoms. The van der Waals surface area contributed by atoms with Gasteiger partial charge in [0.05, 0.1) is 10.6 Å². The van der Waals surface area contributed by atoms with Crippen molar-refractivity contribution < 1.29 is 18.0 Å². The molecule has 0 saturated heterocycles. The number of sulfonamides is 1. The smallest absolute Gasteiger partial charge is 0.264 e. The van der Waals surface area contributed by atoms with Gasteiger partial charge in [0, 0.05) is 23.1 Å². The summed E-state index contributed by atoms with van der Waals surface area (Å²) in [5.74, 6) is -0.852. The predicted molar refractivity (Wildman–Crippen MR) is 161 cm³/mol. The van der Waals surface area contributed by atoms with Crippen molar-refractivity contribution in [3.63, 3.8) is 0 Å². The van der Waals surface area contributed by atoms with Crippen LogP contribution in [0.15, 0.2) is 71.6 Å². The maximum absolute atomic E-state index is 14.1. The summed E-state index contributed by atoms with van der Waals surface area (Å²) >= 11 is 12.5. The second kappa shape index (κ2) is 14.0. The highest BCUT2D eigenvalue weighted by Gasteiger charge is 2.34. The van der Waals surface area contributed by atoms with Crippen LogP contribution in [0.2, 0.25) is 10.0 Å². The van der Waals surface area contributed by atoms with Gasteiger partial charge in [-0.05, 0) is 68.1 Å². The number of para-hydroxylation sites is 1. The van der Waals surface area contributed by atoms with Crippen LogP contribution in [-0.4, -0.2) is 44.3 Å². The Labute approximate surface area is 247 Å². The second-order valence-electron chi connectivity index (χ2n) is 9.58. The number of carbonyl (C=O) groups is 2. The SMILES string of the molecule is CCCNC(=O)C(CC)N(Cc1ccc(Cl)cc1Cl)C(=O)CN(c1ccccc1C)S(=O)(=O)c1ccc(C)cc1. The molecule has 3 aromatic carbocycles. The van der Waals surface area contributed by atoms with E-state index in [0.29, 0.717) is 39.8 Å². The van der Waals surface area contributed by atoms with E-state index in [-0.39, 0.29) is 17.3 Å². The Morgan fingerprint density at radius 1 is 0.950 bits per heavy atom. The van der Waals surface area contributed by atoms with Gasteiger partial charge in [0.15, 0.2) is 0 Å². The molecule has 0 aliphatic heterocycles. The van der Waals surface area contributed by atoms with Crippen LogP contribution in [-0.2, 0) is 26.2 Å². The van der Waals surface area contributed by atoms with Crippen LogP contribution in [0.3, 0.4) is 0 Å². The predicted octanol–water partition coefficient (Wildman–Crippen LogP) is 6.14. The van der Waals surface area contributed by atoms with Gasteiger partial charge in [-0.25, -0.2) is 8.42 Å². The third kappa shape index (κ3) is 7.56. The number of benzene rings is 3. The summed E-state index contributed by atoms with van der Waals surface area (Å²) in [5.41, 5.74) is 2.56. The first-order valence-corrected chi connectivity index (χ1v) is 15.3. The molecule has 2 amide bonds. The number of halogens is 2. The molecule has 0 aliphatic rings. The second-order valence-corrected chi connectivity index (χ2v) is 12.3. The molecule has 0 spiro atoms. The molecule has 0 bridgehead atoms. The molecule has 1 unspecified atom stereocenters. The Morgan fingerprint density at radius 3 is 2.23 bits per heavy atom. The average molecular weight is 605 g/mol. The molecule has 1 atom stereocenters. The molecule has 0 saturated carbocycles. The normalized spacial score (nSPS) is 12.1. The molecule has 0 heterocycles. The fourth-order valence-electron chi connectivity index (χ4n) is 4.31. The molecule has 1 N–H and O–H groups in total. The number of anilines is 1. The number of hydrogen-bond donors (Lipinski definition) is 1. The van der Waals surface area contributed by atoms with E-state index in [0.717, 1.165) is 16.3 Å². The van der Waals surface area contributed by atoms with Crippen molar-refractivity contribution in [1.82, 2.24) is 10.2 Å². The van der Waals surface area contributed by atoms with Crippen molar-refractivity contribution in [2.75, 3.05) is 17.4 Å². The number of nitrogens with zero attached hydrogens (tertiary/aromatic N) is 2. The van der Waals surface area contributed by atoms with Crippen molar-refractivity contribution in [2.45, 2.75) is 58.0 Å². The highest BCUT2D eigenvalue weighted by atomic mass is 35.5. The topological polar surface area (TPSA) is 86.8 Å². The summed E-state index contributed by atoms with van der Waals surface area (Å²) in [7, 11) is -4.13. The van der Waals surface area contributed by atoms with E-state index in [4.69, 9.17) is 23.2 Å². The molecule has 3 rings (SSSR count). The van der Waals surface area contributed by atoms with Gasteiger partial charge in [-0.2, -0.15) is 0 Å². The molecular weight excluding hydrogens is 569 g/mol. The third-order valence-electron chi connectivity index (χ3n) is 6.56. The largest absolute Gasteiger partial charge is 0.354 e. The molecule has 0 aliphatic carbocycles. The Morgan fingerprint density at radius 2 is 1.62 bits per heavy atom. The van der Waals surface area contributed by atoms with Crippen LogP contribution in [0.5, 0.6) is 0 Å². The Kier molecular flexibility index (Phi) is 11.0. The van der Waals surface area contributed by atoms with Crippen molar-refractivity contribution >= 4 is 50.7 Å². The minimum absolute atomic E-state index is 0.000914. The Hall–Kier alpha value is -3.07.